The van der Waals surface area contributed by atoms with Gasteiger partial charge < -0.3 is 15.8 Å². The number of hydrogen-bond acceptors (Lipinski definition) is 4. The first-order chi connectivity index (χ1) is 9.86. The Morgan fingerprint density at radius 3 is 2.43 bits per heavy atom. The lowest BCUT2D eigenvalue weighted by atomic mass is 10.3. The van der Waals surface area contributed by atoms with E-state index >= 15 is 0 Å². The van der Waals surface area contributed by atoms with Gasteiger partial charge in [0.15, 0.2) is 5.82 Å². The smallest absolute Gasteiger partial charge is 0.239 e. The van der Waals surface area contributed by atoms with Crippen LogP contribution < -0.4 is 15.8 Å². The molecule has 0 saturated carbocycles. The van der Waals surface area contributed by atoms with Gasteiger partial charge in [-0.1, -0.05) is 23.2 Å². The van der Waals surface area contributed by atoms with Crippen LogP contribution in [0.3, 0.4) is 0 Å². The zero-order chi connectivity index (χ0) is 15.6. The number of halogens is 3. The molecule has 0 spiro atoms. The lowest BCUT2D eigenvalue weighted by molar-refractivity contribution is 0.234. The Morgan fingerprint density at radius 2 is 1.86 bits per heavy atom. The summed E-state index contributed by atoms with van der Waals surface area (Å²) in [6, 6.07) is 6.18. The summed E-state index contributed by atoms with van der Waals surface area (Å²) in [5, 5.41) is 2.83. The van der Waals surface area contributed by atoms with E-state index in [1.807, 2.05) is 13.8 Å². The van der Waals surface area contributed by atoms with Gasteiger partial charge >= 0.3 is 0 Å². The van der Waals surface area contributed by atoms with Gasteiger partial charge in [-0.25, -0.2) is 4.39 Å². The fourth-order valence-corrected chi connectivity index (χ4v) is 2.10. The minimum absolute atomic E-state index is 0.0511. The molecule has 0 amide bonds. The lowest BCUT2D eigenvalue weighted by Gasteiger charge is -2.13. The first-order valence-electron chi connectivity index (χ1n) is 6.21. The van der Waals surface area contributed by atoms with Crippen LogP contribution in [0.2, 0.25) is 10.0 Å². The van der Waals surface area contributed by atoms with Crippen LogP contribution in [0.5, 0.6) is 5.88 Å². The number of nitrogen functional groups attached to an aromatic ring is 1. The molecule has 0 bridgehead atoms. The molecule has 0 saturated heterocycles. The van der Waals surface area contributed by atoms with E-state index in [1.165, 1.54) is 12.1 Å². The molecule has 0 fully saturated rings. The topological polar surface area (TPSA) is 60.2 Å². The van der Waals surface area contributed by atoms with Gasteiger partial charge in [0.05, 0.1) is 21.8 Å². The third-order valence-electron chi connectivity index (χ3n) is 2.49. The minimum atomic E-state index is -0.655. The summed E-state index contributed by atoms with van der Waals surface area (Å²) in [7, 11) is 0. The molecule has 0 aliphatic heterocycles. The highest BCUT2D eigenvalue weighted by Gasteiger charge is 2.10. The second-order valence-corrected chi connectivity index (χ2v) is 5.45. The predicted octanol–water partition coefficient (Wildman–Crippen LogP) is 4.64. The van der Waals surface area contributed by atoms with Gasteiger partial charge in [-0.3, -0.25) is 0 Å². The first kappa shape index (κ1) is 15.7. The van der Waals surface area contributed by atoms with Gasteiger partial charge in [-0.05, 0) is 38.1 Å². The zero-order valence-corrected chi connectivity index (χ0v) is 13.0. The van der Waals surface area contributed by atoms with Crippen LogP contribution in [-0.2, 0) is 0 Å². The Balaban J connectivity index is 2.27. The maximum Gasteiger partial charge on any atom is 0.239 e. The molecule has 7 heteroatoms. The number of ether oxygens (including phenoxy) is 1. The first-order valence-corrected chi connectivity index (χ1v) is 6.97. The fourth-order valence-electron chi connectivity index (χ4n) is 1.61. The van der Waals surface area contributed by atoms with Gasteiger partial charge in [0.25, 0.3) is 0 Å². The van der Waals surface area contributed by atoms with E-state index in [4.69, 9.17) is 33.7 Å². The Kier molecular flexibility index (Phi) is 4.75. The number of benzene rings is 1. The van der Waals surface area contributed by atoms with E-state index < -0.39 is 5.82 Å². The maximum absolute atomic E-state index is 13.4. The summed E-state index contributed by atoms with van der Waals surface area (Å²) in [6.45, 7) is 3.75. The third-order valence-corrected chi connectivity index (χ3v) is 3.04. The molecule has 0 unspecified atom stereocenters. The molecule has 2 rings (SSSR count). The largest absolute Gasteiger partial charge is 0.473 e. The van der Waals surface area contributed by atoms with Gasteiger partial charge in [-0.15, -0.1) is 0 Å². The molecule has 1 aromatic heterocycles. The molecule has 0 atom stereocenters. The standard InChI is InChI=1S/C14H14Cl2FN3O/c1-7(2)21-14-11(18)3-4-12(20-14)19-8-5-9(15)13(17)10(16)6-8/h3-7H,18H2,1-2H3,(H,19,20). The minimum Gasteiger partial charge on any atom is -0.473 e. The normalized spacial score (nSPS) is 10.8. The van der Waals surface area contributed by atoms with Crippen LogP contribution in [-0.4, -0.2) is 11.1 Å². The van der Waals surface area contributed by atoms with Crippen molar-refractivity contribution in [3.05, 3.63) is 40.1 Å². The summed E-state index contributed by atoms with van der Waals surface area (Å²) in [5.41, 5.74) is 6.74. The van der Waals surface area contributed by atoms with E-state index in [2.05, 4.69) is 10.3 Å². The molecule has 1 aromatic carbocycles. The van der Waals surface area contributed by atoms with Crippen molar-refractivity contribution < 1.29 is 9.13 Å². The summed E-state index contributed by atoms with van der Waals surface area (Å²) in [4.78, 5) is 4.25. The van der Waals surface area contributed by atoms with Crippen molar-refractivity contribution in [2.75, 3.05) is 11.1 Å². The van der Waals surface area contributed by atoms with Gasteiger partial charge in [-0.2, -0.15) is 4.98 Å². The van der Waals surface area contributed by atoms with Crippen LogP contribution in [0.25, 0.3) is 0 Å². The van der Waals surface area contributed by atoms with Crippen molar-refractivity contribution in [2.45, 2.75) is 20.0 Å². The van der Waals surface area contributed by atoms with Crippen LogP contribution in [0.15, 0.2) is 24.3 Å². The van der Waals surface area contributed by atoms with Crippen molar-refractivity contribution in [1.82, 2.24) is 4.98 Å². The van der Waals surface area contributed by atoms with Crippen molar-refractivity contribution in [3.63, 3.8) is 0 Å². The van der Waals surface area contributed by atoms with E-state index in [9.17, 15) is 4.39 Å². The zero-order valence-electron chi connectivity index (χ0n) is 11.5. The SMILES string of the molecule is CC(C)Oc1nc(Nc2cc(Cl)c(F)c(Cl)c2)ccc1N. The molecular weight excluding hydrogens is 316 g/mol. The van der Waals surface area contributed by atoms with Crippen molar-refractivity contribution in [2.24, 2.45) is 0 Å². The van der Waals surface area contributed by atoms with Gasteiger partial charge in [0.1, 0.15) is 5.82 Å². The molecule has 0 aliphatic carbocycles. The van der Waals surface area contributed by atoms with Crippen molar-refractivity contribution in [1.29, 1.82) is 0 Å². The van der Waals surface area contributed by atoms with E-state index in [-0.39, 0.29) is 16.1 Å². The number of aromatic nitrogens is 1. The lowest BCUT2D eigenvalue weighted by Crippen LogP contribution is -2.09. The van der Waals surface area contributed by atoms with Crippen LogP contribution in [0.1, 0.15) is 13.8 Å². The number of rotatable bonds is 4. The highest BCUT2D eigenvalue weighted by Crippen LogP contribution is 2.30. The molecule has 21 heavy (non-hydrogen) atoms. The Labute approximate surface area is 132 Å². The molecule has 4 nitrogen and oxygen atoms in total. The molecule has 3 N–H and O–H groups in total. The highest BCUT2D eigenvalue weighted by molar-refractivity contribution is 6.35. The molecule has 1 heterocycles. The predicted molar refractivity (Wildman–Crippen MR) is 84.1 cm³/mol. The number of anilines is 3. The van der Waals surface area contributed by atoms with Crippen LogP contribution in [0.4, 0.5) is 21.6 Å². The number of nitrogens with zero attached hydrogens (tertiary/aromatic N) is 1. The third kappa shape index (κ3) is 3.89. The maximum atomic E-state index is 13.4. The Bertz CT molecular complexity index is 642. The highest BCUT2D eigenvalue weighted by atomic mass is 35.5. The summed E-state index contributed by atoms with van der Waals surface area (Å²) in [6.07, 6.45) is -0.0511. The molecule has 0 aliphatic rings. The second-order valence-electron chi connectivity index (χ2n) is 4.64. The number of pyridine rings is 1. The Hall–Kier alpha value is -1.72. The quantitative estimate of drug-likeness (QED) is 0.802. The average Bonchev–Trinajstić information content (AvgIpc) is 2.39. The molecule has 0 radical (unpaired) electrons. The number of nitrogens with one attached hydrogen (secondary N) is 1. The van der Waals surface area contributed by atoms with Gasteiger partial charge in [0, 0.05) is 5.69 Å². The van der Waals surface area contributed by atoms with Crippen LogP contribution in [0, 0.1) is 5.82 Å². The summed E-state index contributed by atoms with van der Waals surface area (Å²) < 4.78 is 18.9. The fraction of sp³-hybridized carbons (Fsp3) is 0.214. The van der Waals surface area contributed by atoms with Crippen molar-refractivity contribution >= 4 is 40.4 Å². The molecule has 2 aromatic rings. The summed E-state index contributed by atoms with van der Waals surface area (Å²) in [5.74, 6) is 0.158. The number of nitrogens with two attached hydrogens (primary N) is 1. The number of hydrogen-bond donors (Lipinski definition) is 2. The van der Waals surface area contributed by atoms with E-state index in [0.29, 0.717) is 23.1 Å². The second kappa shape index (κ2) is 6.37. The molecule has 112 valence electrons. The Morgan fingerprint density at radius 1 is 1.24 bits per heavy atom. The average molecular weight is 330 g/mol. The van der Waals surface area contributed by atoms with Crippen molar-refractivity contribution in [3.8, 4) is 5.88 Å². The van der Waals surface area contributed by atoms with E-state index in [1.54, 1.807) is 12.1 Å². The molecular formula is C14H14Cl2FN3O. The van der Waals surface area contributed by atoms with E-state index in [0.717, 1.165) is 0 Å². The summed E-state index contributed by atoms with van der Waals surface area (Å²) >= 11 is 11.5. The van der Waals surface area contributed by atoms with Crippen LogP contribution >= 0.6 is 23.2 Å². The monoisotopic (exact) mass is 329 g/mol. The van der Waals surface area contributed by atoms with Gasteiger partial charge in [0.2, 0.25) is 5.88 Å².